The van der Waals surface area contributed by atoms with Gasteiger partial charge in [-0.1, -0.05) is 0 Å². The van der Waals surface area contributed by atoms with Crippen LogP contribution in [-0.4, -0.2) is 48.2 Å². The van der Waals surface area contributed by atoms with Gasteiger partial charge in [0.15, 0.2) is 5.82 Å². The van der Waals surface area contributed by atoms with Crippen LogP contribution >= 0.6 is 0 Å². The molecule has 1 aliphatic rings. The molecular weight excluding hydrogens is 358 g/mol. The maximum Gasteiger partial charge on any atom is 0.314 e. The van der Waals surface area contributed by atoms with Gasteiger partial charge in [-0.15, -0.1) is 5.10 Å². The smallest absolute Gasteiger partial charge is 0.314 e. The highest BCUT2D eigenvalue weighted by molar-refractivity contribution is 5.83. The molecule has 2 heterocycles. The Morgan fingerprint density at radius 3 is 2.81 bits per heavy atom. The fraction of sp³-hybridized carbons (Fsp3) is 0.400. The number of nitrogens with zero attached hydrogens (tertiary/aromatic N) is 4. The second kappa shape index (κ2) is 6.72. The van der Waals surface area contributed by atoms with E-state index in [0.717, 1.165) is 0 Å². The van der Waals surface area contributed by atoms with Crippen molar-refractivity contribution in [2.75, 3.05) is 6.61 Å². The van der Waals surface area contributed by atoms with Crippen LogP contribution in [0.15, 0.2) is 15.7 Å². The topological polar surface area (TPSA) is 173 Å². The van der Waals surface area contributed by atoms with Crippen LogP contribution < -0.4 is 11.1 Å². The molecule has 0 radical (unpaired) electrons. The molecule has 0 saturated heterocycles. The highest BCUT2D eigenvalue weighted by Gasteiger charge is 2.29. The van der Waals surface area contributed by atoms with Crippen molar-refractivity contribution < 1.29 is 9.66 Å². The van der Waals surface area contributed by atoms with E-state index in [0.29, 0.717) is 54.8 Å². The van der Waals surface area contributed by atoms with Gasteiger partial charge in [0.05, 0.1) is 28.7 Å². The number of H-pyrrole nitrogens is 3. The lowest BCUT2D eigenvalue weighted by molar-refractivity contribution is -0.385. The average molecular weight is 373 g/mol. The zero-order valence-corrected chi connectivity index (χ0v) is 14.0. The molecule has 1 aromatic carbocycles. The summed E-state index contributed by atoms with van der Waals surface area (Å²) < 4.78 is 5.87. The van der Waals surface area contributed by atoms with Gasteiger partial charge in [0.1, 0.15) is 0 Å². The largest absolute Gasteiger partial charge is 0.377 e. The first-order valence-electron chi connectivity index (χ1n) is 8.32. The Morgan fingerprint density at radius 1 is 1.26 bits per heavy atom. The summed E-state index contributed by atoms with van der Waals surface area (Å²) in [5.41, 5.74) is 0.137. The molecule has 1 unspecified atom stereocenters. The fourth-order valence-electron chi connectivity index (χ4n) is 3.41. The predicted octanol–water partition coefficient (Wildman–Crippen LogP) is -0.246. The molecule has 0 amide bonds. The van der Waals surface area contributed by atoms with Crippen LogP contribution in [0.1, 0.15) is 23.4 Å². The Balaban J connectivity index is 1.66. The summed E-state index contributed by atoms with van der Waals surface area (Å²) in [6, 6.07) is 1.30. The summed E-state index contributed by atoms with van der Waals surface area (Å²) in [5.74, 6) is 0.606. The lowest BCUT2D eigenvalue weighted by Gasteiger charge is -2.25. The lowest BCUT2D eigenvalue weighted by atomic mass is 9.87. The van der Waals surface area contributed by atoms with Crippen molar-refractivity contribution in [2.45, 2.75) is 31.8 Å². The standard InChI is InChI=1S/C15H15N7O5/c23-14-15(24)17-13-9-5-7(27-4-3-12-18-20-21-19-12)1-2-8(9)11(22(25)26)6-10(13)16-14/h6-7H,1-5H2,(H,16,23)(H,17,24)(H,18,19,20,21). The lowest BCUT2D eigenvalue weighted by Crippen LogP contribution is -2.31. The highest BCUT2D eigenvalue weighted by Crippen LogP contribution is 2.34. The molecule has 4 rings (SSSR count). The van der Waals surface area contributed by atoms with E-state index in [-0.39, 0.29) is 17.3 Å². The van der Waals surface area contributed by atoms with Crippen molar-refractivity contribution in [3.05, 3.63) is 53.8 Å². The molecule has 0 aliphatic heterocycles. The zero-order chi connectivity index (χ0) is 19.0. The molecular formula is C15H15N7O5. The number of ether oxygens (including phenoxy) is 1. The molecule has 2 aromatic heterocycles. The number of aromatic amines is 3. The van der Waals surface area contributed by atoms with E-state index in [9.17, 15) is 19.7 Å². The van der Waals surface area contributed by atoms with Crippen LogP contribution in [0.2, 0.25) is 0 Å². The Hall–Kier alpha value is -3.41. The molecule has 1 aliphatic carbocycles. The summed E-state index contributed by atoms with van der Waals surface area (Å²) in [4.78, 5) is 39.2. The second-order valence-corrected chi connectivity index (χ2v) is 6.27. The number of hydrogen-bond donors (Lipinski definition) is 3. The Morgan fingerprint density at radius 2 is 2.07 bits per heavy atom. The van der Waals surface area contributed by atoms with E-state index >= 15 is 0 Å². The van der Waals surface area contributed by atoms with Crippen LogP contribution in [-0.2, 0) is 24.0 Å². The van der Waals surface area contributed by atoms with Gasteiger partial charge in [0, 0.05) is 24.5 Å². The second-order valence-electron chi connectivity index (χ2n) is 6.27. The van der Waals surface area contributed by atoms with E-state index < -0.39 is 16.0 Å². The minimum Gasteiger partial charge on any atom is -0.377 e. The van der Waals surface area contributed by atoms with Crippen molar-refractivity contribution in [2.24, 2.45) is 0 Å². The van der Waals surface area contributed by atoms with Gasteiger partial charge in [-0.3, -0.25) is 19.7 Å². The van der Waals surface area contributed by atoms with Crippen molar-refractivity contribution >= 4 is 16.7 Å². The number of fused-ring (bicyclic) bond motifs is 3. The molecule has 0 spiro atoms. The third-order valence-electron chi connectivity index (χ3n) is 4.65. The summed E-state index contributed by atoms with van der Waals surface area (Å²) in [5, 5.41) is 24.8. The van der Waals surface area contributed by atoms with Crippen molar-refractivity contribution in [1.29, 1.82) is 0 Å². The van der Waals surface area contributed by atoms with Gasteiger partial charge in [-0.25, -0.2) is 5.10 Å². The van der Waals surface area contributed by atoms with E-state index in [1.54, 1.807) is 0 Å². The number of tetrazole rings is 1. The van der Waals surface area contributed by atoms with E-state index in [2.05, 4.69) is 30.6 Å². The van der Waals surface area contributed by atoms with Gasteiger partial charge >= 0.3 is 11.1 Å². The first-order valence-corrected chi connectivity index (χ1v) is 8.32. The molecule has 0 saturated carbocycles. The Kier molecular flexibility index (Phi) is 4.24. The van der Waals surface area contributed by atoms with Gasteiger partial charge in [-0.05, 0) is 28.8 Å². The molecule has 0 bridgehead atoms. The van der Waals surface area contributed by atoms with Crippen LogP contribution in [0.4, 0.5) is 5.69 Å². The number of nitrogens with one attached hydrogen (secondary N) is 3. The Bertz CT molecular complexity index is 1120. The molecule has 27 heavy (non-hydrogen) atoms. The van der Waals surface area contributed by atoms with Crippen LogP contribution in [0.3, 0.4) is 0 Å². The van der Waals surface area contributed by atoms with E-state index in [1.807, 2.05) is 0 Å². The van der Waals surface area contributed by atoms with Crippen LogP contribution in [0.5, 0.6) is 0 Å². The first-order chi connectivity index (χ1) is 13.0. The normalized spacial score (nSPS) is 16.4. The SMILES string of the molecule is O=c1[nH]c2cc([N+](=O)[O-])c3c(c2[nH]c1=O)CC(OCCc1nnn[nH]1)CC3. The van der Waals surface area contributed by atoms with Gasteiger partial charge in [-0.2, -0.15) is 0 Å². The third-order valence-corrected chi connectivity index (χ3v) is 4.65. The Labute approximate surface area is 150 Å². The fourth-order valence-corrected chi connectivity index (χ4v) is 3.41. The minimum absolute atomic E-state index is 0.0635. The van der Waals surface area contributed by atoms with Crippen molar-refractivity contribution in [3.63, 3.8) is 0 Å². The third kappa shape index (κ3) is 3.21. The van der Waals surface area contributed by atoms with Gasteiger partial charge in [0.25, 0.3) is 5.69 Å². The van der Waals surface area contributed by atoms with E-state index in [1.165, 1.54) is 6.07 Å². The maximum absolute atomic E-state index is 11.7. The van der Waals surface area contributed by atoms with Crippen LogP contribution in [0.25, 0.3) is 11.0 Å². The molecule has 3 aromatic rings. The van der Waals surface area contributed by atoms with Crippen molar-refractivity contribution in [3.8, 4) is 0 Å². The minimum atomic E-state index is -0.846. The average Bonchev–Trinajstić information content (AvgIpc) is 3.15. The number of aromatic nitrogens is 6. The quantitative estimate of drug-likeness (QED) is 0.312. The summed E-state index contributed by atoms with van der Waals surface area (Å²) in [6.45, 7) is 0.386. The highest BCUT2D eigenvalue weighted by atomic mass is 16.6. The number of hydrogen-bond acceptors (Lipinski definition) is 8. The zero-order valence-electron chi connectivity index (χ0n) is 14.0. The van der Waals surface area contributed by atoms with Crippen molar-refractivity contribution in [1.82, 2.24) is 30.6 Å². The van der Waals surface area contributed by atoms with Crippen LogP contribution in [0, 0.1) is 10.1 Å². The maximum atomic E-state index is 11.7. The summed E-state index contributed by atoms with van der Waals surface area (Å²) in [6.07, 6.45) is 1.79. The molecule has 12 heteroatoms. The number of nitro groups is 1. The molecule has 3 N–H and O–H groups in total. The number of rotatable bonds is 5. The van der Waals surface area contributed by atoms with Gasteiger partial charge < -0.3 is 14.7 Å². The first kappa shape index (κ1) is 17.0. The van der Waals surface area contributed by atoms with E-state index in [4.69, 9.17) is 4.74 Å². The molecule has 1 atom stereocenters. The predicted molar refractivity (Wildman–Crippen MR) is 91.5 cm³/mol. The summed E-state index contributed by atoms with van der Waals surface area (Å²) in [7, 11) is 0. The number of nitro benzene ring substituents is 1. The molecule has 0 fully saturated rings. The summed E-state index contributed by atoms with van der Waals surface area (Å²) >= 11 is 0. The monoisotopic (exact) mass is 373 g/mol. The molecule has 12 nitrogen and oxygen atoms in total. The van der Waals surface area contributed by atoms with Gasteiger partial charge in [0.2, 0.25) is 0 Å². The molecule has 140 valence electrons. The number of benzene rings is 1.